The molecule has 1 aliphatic heterocycles. The number of urea groups is 1. The highest BCUT2D eigenvalue weighted by atomic mass is 79.9. The predicted octanol–water partition coefficient (Wildman–Crippen LogP) is 5.96. The third-order valence-electron chi connectivity index (χ3n) is 5.33. The molecule has 0 aliphatic carbocycles. The summed E-state index contributed by atoms with van der Waals surface area (Å²) >= 11 is 9.61. The van der Waals surface area contributed by atoms with Crippen molar-refractivity contribution >= 4 is 57.1 Å². The van der Waals surface area contributed by atoms with Gasteiger partial charge in [0.1, 0.15) is 17.9 Å². The molecule has 3 aromatic rings. The van der Waals surface area contributed by atoms with Crippen LogP contribution in [0, 0.1) is 13.8 Å². The fourth-order valence-electron chi connectivity index (χ4n) is 3.60. The predicted molar refractivity (Wildman–Crippen MR) is 135 cm³/mol. The highest BCUT2D eigenvalue weighted by Crippen LogP contribution is 2.31. The van der Waals surface area contributed by atoms with Gasteiger partial charge in [-0.1, -0.05) is 63.4 Å². The van der Waals surface area contributed by atoms with Crippen LogP contribution in [0.5, 0.6) is 5.75 Å². The van der Waals surface area contributed by atoms with Gasteiger partial charge < -0.3 is 4.74 Å². The molecular formula is C26H20BrClN2O4. The van der Waals surface area contributed by atoms with Crippen LogP contribution < -0.4 is 15.0 Å². The fourth-order valence-corrected chi connectivity index (χ4v) is 4.14. The summed E-state index contributed by atoms with van der Waals surface area (Å²) in [5, 5.41) is 2.64. The number of benzene rings is 3. The molecule has 4 amide bonds. The summed E-state index contributed by atoms with van der Waals surface area (Å²) in [6.45, 7) is 4.01. The van der Waals surface area contributed by atoms with Gasteiger partial charge in [0.05, 0.1) is 5.69 Å². The highest BCUT2D eigenvalue weighted by molar-refractivity contribution is 9.10. The van der Waals surface area contributed by atoms with Gasteiger partial charge in [-0.3, -0.25) is 14.9 Å². The monoisotopic (exact) mass is 538 g/mol. The molecule has 0 aromatic heterocycles. The van der Waals surface area contributed by atoms with E-state index in [0.717, 1.165) is 20.5 Å². The average Bonchev–Trinajstić information content (AvgIpc) is 2.79. The van der Waals surface area contributed by atoms with Crippen LogP contribution in [0.25, 0.3) is 6.08 Å². The number of carbonyl (C=O) groups excluding carboxylic acids is 3. The highest BCUT2D eigenvalue weighted by Gasteiger charge is 2.37. The van der Waals surface area contributed by atoms with Crippen molar-refractivity contribution in [1.29, 1.82) is 0 Å². The Morgan fingerprint density at radius 1 is 1.03 bits per heavy atom. The molecule has 4 rings (SSSR count). The Morgan fingerprint density at radius 3 is 2.56 bits per heavy atom. The maximum Gasteiger partial charge on any atom is 0.335 e. The van der Waals surface area contributed by atoms with Crippen molar-refractivity contribution in [3.05, 3.63) is 98.0 Å². The lowest BCUT2D eigenvalue weighted by Crippen LogP contribution is -2.54. The Hall–Kier alpha value is -3.42. The van der Waals surface area contributed by atoms with Gasteiger partial charge in [0, 0.05) is 15.1 Å². The number of anilines is 1. The Bertz CT molecular complexity index is 1350. The average molecular weight is 540 g/mol. The molecule has 172 valence electrons. The zero-order chi connectivity index (χ0) is 24.4. The summed E-state index contributed by atoms with van der Waals surface area (Å²) in [4.78, 5) is 39.4. The van der Waals surface area contributed by atoms with E-state index in [1.807, 2.05) is 37.3 Å². The second-order valence-corrected chi connectivity index (χ2v) is 9.12. The second-order valence-electron chi connectivity index (χ2n) is 7.80. The quantitative estimate of drug-likeness (QED) is 0.320. The van der Waals surface area contributed by atoms with E-state index >= 15 is 0 Å². The molecule has 1 saturated heterocycles. The number of amides is 4. The van der Waals surface area contributed by atoms with E-state index in [9.17, 15) is 14.4 Å². The maximum atomic E-state index is 13.3. The SMILES string of the molecule is Cc1cccc(COc2ccc(Br)cc2/C=C2\C(=O)NC(=O)N(c3cccc(Cl)c3C)C2=O)c1. The molecule has 0 radical (unpaired) electrons. The first-order valence-corrected chi connectivity index (χ1v) is 11.6. The van der Waals surface area contributed by atoms with E-state index in [2.05, 4.69) is 21.2 Å². The number of aryl methyl sites for hydroxylation is 1. The summed E-state index contributed by atoms with van der Waals surface area (Å²) in [6, 6.07) is 17.3. The van der Waals surface area contributed by atoms with Crippen molar-refractivity contribution in [2.45, 2.75) is 20.5 Å². The van der Waals surface area contributed by atoms with Crippen molar-refractivity contribution in [2.24, 2.45) is 0 Å². The van der Waals surface area contributed by atoms with Gasteiger partial charge in [0.25, 0.3) is 11.8 Å². The summed E-state index contributed by atoms with van der Waals surface area (Å²) < 4.78 is 6.75. The fraction of sp³-hybridized carbons (Fsp3) is 0.115. The first-order chi connectivity index (χ1) is 16.2. The normalized spacial score (nSPS) is 15.0. The zero-order valence-corrected chi connectivity index (χ0v) is 20.7. The first kappa shape index (κ1) is 23.7. The van der Waals surface area contributed by atoms with Gasteiger partial charge in [-0.15, -0.1) is 0 Å². The Morgan fingerprint density at radius 2 is 1.79 bits per heavy atom. The molecule has 1 fully saturated rings. The van der Waals surface area contributed by atoms with Crippen molar-refractivity contribution < 1.29 is 19.1 Å². The molecule has 0 bridgehead atoms. The van der Waals surface area contributed by atoms with Gasteiger partial charge in [-0.25, -0.2) is 9.69 Å². The van der Waals surface area contributed by atoms with Gasteiger partial charge >= 0.3 is 6.03 Å². The van der Waals surface area contributed by atoms with Crippen molar-refractivity contribution in [2.75, 3.05) is 4.90 Å². The summed E-state index contributed by atoms with van der Waals surface area (Å²) in [7, 11) is 0. The van der Waals surface area contributed by atoms with Crippen molar-refractivity contribution in [3.63, 3.8) is 0 Å². The Labute approximate surface area is 210 Å². The lowest BCUT2D eigenvalue weighted by Gasteiger charge is -2.27. The van der Waals surface area contributed by atoms with E-state index in [0.29, 0.717) is 34.2 Å². The van der Waals surface area contributed by atoms with E-state index < -0.39 is 17.8 Å². The minimum absolute atomic E-state index is 0.197. The van der Waals surface area contributed by atoms with Gasteiger partial charge in [-0.2, -0.15) is 0 Å². The molecule has 0 atom stereocenters. The van der Waals surface area contributed by atoms with Crippen LogP contribution in [0.3, 0.4) is 0 Å². The molecule has 1 aliphatic rings. The molecule has 0 spiro atoms. The van der Waals surface area contributed by atoms with Crippen LogP contribution in [-0.2, 0) is 16.2 Å². The van der Waals surface area contributed by atoms with Crippen LogP contribution in [-0.4, -0.2) is 17.8 Å². The Balaban J connectivity index is 1.70. The number of barbiturate groups is 1. The van der Waals surface area contributed by atoms with E-state index in [4.69, 9.17) is 16.3 Å². The van der Waals surface area contributed by atoms with Crippen molar-refractivity contribution in [1.82, 2.24) is 5.32 Å². The Kier molecular flexibility index (Phi) is 6.86. The summed E-state index contributed by atoms with van der Waals surface area (Å²) in [6.07, 6.45) is 1.42. The number of nitrogens with one attached hydrogen (secondary N) is 1. The molecule has 3 aromatic carbocycles. The van der Waals surface area contributed by atoms with E-state index in [-0.39, 0.29) is 5.57 Å². The number of hydrogen-bond donors (Lipinski definition) is 1. The topological polar surface area (TPSA) is 75.7 Å². The summed E-state index contributed by atoms with van der Waals surface area (Å²) in [5.74, 6) is -1.04. The molecule has 1 N–H and O–H groups in total. The standard InChI is InChI=1S/C26H20BrClN2O4/c1-15-5-3-6-17(11-15)14-34-23-10-9-19(27)12-18(23)13-20-24(31)29-26(33)30(25(20)32)22-8-4-7-21(28)16(22)2/h3-13H,14H2,1-2H3,(H,29,31,33)/b20-13+. The number of ether oxygens (including phenoxy) is 1. The number of nitrogens with zero attached hydrogens (tertiary/aromatic N) is 1. The van der Waals surface area contributed by atoms with Crippen LogP contribution in [0.4, 0.5) is 10.5 Å². The van der Waals surface area contributed by atoms with Crippen LogP contribution >= 0.6 is 27.5 Å². The van der Waals surface area contributed by atoms with Gasteiger partial charge in [0.2, 0.25) is 0 Å². The minimum atomic E-state index is -0.831. The van der Waals surface area contributed by atoms with Crippen LogP contribution in [0.1, 0.15) is 22.3 Å². The molecule has 8 heteroatoms. The van der Waals surface area contributed by atoms with E-state index in [1.165, 1.54) is 6.08 Å². The molecule has 0 unspecified atom stereocenters. The number of halogens is 2. The lowest BCUT2D eigenvalue weighted by molar-refractivity contribution is -0.122. The molecule has 1 heterocycles. The summed E-state index contributed by atoms with van der Waals surface area (Å²) in [5.41, 5.74) is 3.27. The molecule has 34 heavy (non-hydrogen) atoms. The maximum absolute atomic E-state index is 13.3. The first-order valence-electron chi connectivity index (χ1n) is 10.4. The van der Waals surface area contributed by atoms with Crippen molar-refractivity contribution in [3.8, 4) is 5.75 Å². The van der Waals surface area contributed by atoms with Crippen LogP contribution in [0.2, 0.25) is 5.02 Å². The molecule has 6 nitrogen and oxygen atoms in total. The number of carbonyl (C=O) groups is 3. The largest absolute Gasteiger partial charge is 0.488 e. The van der Waals surface area contributed by atoms with E-state index in [1.54, 1.807) is 37.3 Å². The smallest absolute Gasteiger partial charge is 0.335 e. The second kappa shape index (κ2) is 9.83. The zero-order valence-electron chi connectivity index (χ0n) is 18.4. The number of rotatable bonds is 5. The number of imide groups is 2. The third kappa shape index (κ3) is 4.90. The third-order valence-corrected chi connectivity index (χ3v) is 6.23. The van der Waals surface area contributed by atoms with Gasteiger partial charge in [0.15, 0.2) is 0 Å². The molecule has 0 saturated carbocycles. The van der Waals surface area contributed by atoms with Crippen LogP contribution in [0.15, 0.2) is 70.7 Å². The number of hydrogen-bond acceptors (Lipinski definition) is 4. The van der Waals surface area contributed by atoms with Gasteiger partial charge in [-0.05, 0) is 61.4 Å². The minimum Gasteiger partial charge on any atom is -0.488 e. The molecular weight excluding hydrogens is 520 g/mol. The lowest BCUT2D eigenvalue weighted by atomic mass is 10.0.